The molecule has 3 aromatic heterocycles. The molecular weight excluding hydrogens is 404 g/mol. The van der Waals surface area contributed by atoms with Crippen molar-refractivity contribution in [3.63, 3.8) is 0 Å². The van der Waals surface area contributed by atoms with Gasteiger partial charge in [0.15, 0.2) is 17.3 Å². The van der Waals surface area contributed by atoms with E-state index in [4.69, 9.17) is 4.98 Å². The van der Waals surface area contributed by atoms with Gasteiger partial charge in [0.05, 0.1) is 17.5 Å². The van der Waals surface area contributed by atoms with Crippen LogP contribution in [0.25, 0.3) is 33.3 Å². The summed E-state index contributed by atoms with van der Waals surface area (Å²) in [6.07, 6.45) is 3.06. The number of aromatic amines is 1. The number of imidazole rings is 1. The summed E-state index contributed by atoms with van der Waals surface area (Å²) in [7, 11) is 0. The average molecular weight is 419 g/mol. The molecule has 2 aromatic carbocycles. The number of aryl methyl sites for hydroxylation is 1. The van der Waals surface area contributed by atoms with Crippen molar-refractivity contribution in [1.29, 1.82) is 0 Å². The van der Waals surface area contributed by atoms with E-state index in [1.54, 1.807) is 6.33 Å². The number of aromatic nitrogens is 5. The van der Waals surface area contributed by atoms with E-state index in [-0.39, 0.29) is 0 Å². The quantitative estimate of drug-likeness (QED) is 0.310. The Bertz CT molecular complexity index is 1400. The number of hydrogen-bond acceptors (Lipinski definition) is 5. The van der Waals surface area contributed by atoms with Crippen LogP contribution in [0.2, 0.25) is 0 Å². The molecule has 0 saturated carbocycles. The van der Waals surface area contributed by atoms with Crippen molar-refractivity contribution in [3.05, 3.63) is 77.9 Å². The van der Waals surface area contributed by atoms with Crippen LogP contribution >= 0.6 is 11.8 Å². The molecule has 5 rings (SSSR count). The molecule has 0 aliphatic heterocycles. The van der Waals surface area contributed by atoms with Crippen molar-refractivity contribution in [1.82, 2.24) is 24.9 Å². The second kappa shape index (κ2) is 7.46. The Labute approximate surface area is 174 Å². The smallest absolute Gasteiger partial charge is 0.181 e. The number of nitrogens with one attached hydrogen (secondary N) is 1. The summed E-state index contributed by atoms with van der Waals surface area (Å²) in [6.45, 7) is 2.00. The van der Waals surface area contributed by atoms with E-state index in [0.717, 1.165) is 39.0 Å². The molecule has 0 atom stereocenters. The van der Waals surface area contributed by atoms with Crippen LogP contribution in [-0.2, 0) is 5.75 Å². The normalized spacial score (nSPS) is 11.4. The van der Waals surface area contributed by atoms with Crippen LogP contribution < -0.4 is 0 Å². The van der Waals surface area contributed by atoms with Gasteiger partial charge in [0.2, 0.25) is 0 Å². The molecule has 5 nitrogen and oxygen atoms in total. The minimum Gasteiger partial charge on any atom is -0.341 e. The maximum absolute atomic E-state index is 13.8. The predicted molar refractivity (Wildman–Crippen MR) is 113 cm³/mol. The molecule has 0 spiro atoms. The van der Waals surface area contributed by atoms with Crippen LogP contribution in [-0.4, -0.2) is 24.9 Å². The summed E-state index contributed by atoms with van der Waals surface area (Å²) in [6, 6.07) is 12.1. The Morgan fingerprint density at radius 3 is 2.70 bits per heavy atom. The number of nitrogens with zero attached hydrogens (tertiary/aromatic N) is 4. The number of pyridine rings is 1. The molecule has 0 unspecified atom stereocenters. The number of fused-ring (bicyclic) bond motifs is 2. The van der Waals surface area contributed by atoms with Gasteiger partial charge < -0.3 is 4.98 Å². The van der Waals surface area contributed by atoms with Gasteiger partial charge in [0, 0.05) is 22.8 Å². The highest BCUT2D eigenvalue weighted by atomic mass is 32.2. The molecule has 0 aliphatic carbocycles. The van der Waals surface area contributed by atoms with Crippen molar-refractivity contribution in [3.8, 4) is 11.3 Å². The highest BCUT2D eigenvalue weighted by Crippen LogP contribution is 2.33. The molecule has 3 heterocycles. The van der Waals surface area contributed by atoms with E-state index >= 15 is 0 Å². The fourth-order valence-corrected chi connectivity index (χ4v) is 4.32. The van der Waals surface area contributed by atoms with Crippen LogP contribution in [0, 0.1) is 18.6 Å². The molecule has 0 amide bonds. The molecule has 8 heteroatoms. The van der Waals surface area contributed by atoms with Crippen molar-refractivity contribution in [2.45, 2.75) is 17.7 Å². The summed E-state index contributed by atoms with van der Waals surface area (Å²) < 4.78 is 27.6. The molecule has 0 radical (unpaired) electrons. The Balaban J connectivity index is 1.63. The van der Waals surface area contributed by atoms with Crippen LogP contribution in [0.15, 0.2) is 60.1 Å². The first-order chi connectivity index (χ1) is 14.6. The molecule has 0 bridgehead atoms. The molecule has 1 N–H and O–H groups in total. The topological polar surface area (TPSA) is 67.3 Å². The number of hydrogen-bond donors (Lipinski definition) is 1. The Hall–Kier alpha value is -3.39. The molecule has 5 aromatic rings. The van der Waals surface area contributed by atoms with Crippen LogP contribution in [0.3, 0.4) is 0 Å². The summed E-state index contributed by atoms with van der Waals surface area (Å²) in [5.74, 6) is -1.26. The second-order valence-corrected chi connectivity index (χ2v) is 7.80. The van der Waals surface area contributed by atoms with Crippen molar-refractivity contribution in [2.24, 2.45) is 0 Å². The first kappa shape index (κ1) is 18.6. The summed E-state index contributed by atoms with van der Waals surface area (Å²) in [4.78, 5) is 20.4. The van der Waals surface area contributed by atoms with E-state index < -0.39 is 11.6 Å². The highest BCUT2D eigenvalue weighted by molar-refractivity contribution is 7.98. The standard InChI is InChI=1S/C22H15F2N5S/c1-12-4-2-3-5-15(12)19-14(6-13-7-16(23)17(24)8-18(13)29-19)9-30-22-20-21(26-10-25-20)27-11-28-22/h2-8,10-11H,9H2,1H3,(H,25,26,27,28). The van der Waals surface area contributed by atoms with Crippen LogP contribution in [0.1, 0.15) is 11.1 Å². The van der Waals surface area contributed by atoms with E-state index in [9.17, 15) is 8.78 Å². The fourth-order valence-electron chi connectivity index (χ4n) is 3.39. The van der Waals surface area contributed by atoms with Crippen molar-refractivity contribution in [2.75, 3.05) is 0 Å². The van der Waals surface area contributed by atoms with Gasteiger partial charge in [-0.15, -0.1) is 0 Å². The van der Waals surface area contributed by atoms with Crippen molar-refractivity contribution < 1.29 is 8.78 Å². The van der Waals surface area contributed by atoms with Gasteiger partial charge in [-0.2, -0.15) is 0 Å². The largest absolute Gasteiger partial charge is 0.341 e. The van der Waals surface area contributed by atoms with E-state index in [1.165, 1.54) is 24.2 Å². The molecule has 0 fully saturated rings. The van der Waals surface area contributed by atoms with Gasteiger partial charge in [0.1, 0.15) is 16.9 Å². The summed E-state index contributed by atoms with van der Waals surface area (Å²) in [5, 5.41) is 1.31. The summed E-state index contributed by atoms with van der Waals surface area (Å²) in [5.41, 5.74) is 5.43. The maximum Gasteiger partial charge on any atom is 0.181 e. The molecule has 0 saturated heterocycles. The van der Waals surface area contributed by atoms with Gasteiger partial charge in [-0.25, -0.2) is 28.7 Å². The lowest BCUT2D eigenvalue weighted by molar-refractivity contribution is 0.510. The number of rotatable bonds is 4. The van der Waals surface area contributed by atoms with Crippen LogP contribution in [0.5, 0.6) is 0 Å². The lowest BCUT2D eigenvalue weighted by Gasteiger charge is -2.13. The zero-order chi connectivity index (χ0) is 20.7. The first-order valence-corrected chi connectivity index (χ1v) is 10.2. The zero-order valence-corrected chi connectivity index (χ0v) is 16.7. The lowest BCUT2D eigenvalue weighted by atomic mass is 10.0. The fraction of sp³-hybridized carbons (Fsp3) is 0.0909. The Kier molecular flexibility index (Phi) is 4.63. The van der Waals surface area contributed by atoms with E-state index in [1.807, 2.05) is 37.3 Å². The van der Waals surface area contributed by atoms with Crippen LogP contribution in [0.4, 0.5) is 8.78 Å². The third-order valence-electron chi connectivity index (χ3n) is 4.89. The highest BCUT2D eigenvalue weighted by Gasteiger charge is 2.15. The average Bonchev–Trinajstić information content (AvgIpc) is 3.23. The monoisotopic (exact) mass is 419 g/mol. The number of benzene rings is 2. The Morgan fingerprint density at radius 1 is 1.00 bits per heavy atom. The minimum atomic E-state index is -0.907. The third kappa shape index (κ3) is 3.29. The molecule has 0 aliphatic rings. The van der Waals surface area contributed by atoms with Gasteiger partial charge in [0.25, 0.3) is 0 Å². The minimum absolute atomic E-state index is 0.416. The zero-order valence-electron chi connectivity index (χ0n) is 15.9. The predicted octanol–water partition coefficient (Wildman–Crippen LogP) is 5.45. The number of H-pyrrole nitrogens is 1. The van der Waals surface area contributed by atoms with E-state index in [2.05, 4.69) is 19.9 Å². The van der Waals surface area contributed by atoms with Gasteiger partial charge in [-0.1, -0.05) is 36.0 Å². The Morgan fingerprint density at radius 2 is 1.83 bits per heavy atom. The second-order valence-electron chi connectivity index (χ2n) is 6.84. The first-order valence-electron chi connectivity index (χ1n) is 9.22. The van der Waals surface area contributed by atoms with Crippen molar-refractivity contribution >= 4 is 33.8 Å². The van der Waals surface area contributed by atoms with Gasteiger partial charge in [-0.05, 0) is 30.2 Å². The number of halogens is 2. The van der Waals surface area contributed by atoms with Gasteiger partial charge in [-0.3, -0.25) is 0 Å². The molecular formula is C22H15F2N5S. The maximum atomic E-state index is 13.8. The molecule has 30 heavy (non-hydrogen) atoms. The lowest BCUT2D eigenvalue weighted by Crippen LogP contribution is -1.97. The number of thioether (sulfide) groups is 1. The SMILES string of the molecule is Cc1ccccc1-c1nc2cc(F)c(F)cc2cc1CSc1ncnc2nc[nH]c12. The van der Waals surface area contributed by atoms with Gasteiger partial charge >= 0.3 is 0 Å². The molecule has 148 valence electrons. The summed E-state index contributed by atoms with van der Waals surface area (Å²) >= 11 is 1.51. The third-order valence-corrected chi connectivity index (χ3v) is 5.93. The van der Waals surface area contributed by atoms with E-state index in [0.29, 0.717) is 22.3 Å².